The lowest BCUT2D eigenvalue weighted by atomic mass is 9.86. The molecule has 0 aliphatic heterocycles. The summed E-state index contributed by atoms with van der Waals surface area (Å²) in [6, 6.07) is 0. The van der Waals surface area contributed by atoms with Crippen LogP contribution < -0.4 is 5.32 Å². The van der Waals surface area contributed by atoms with Gasteiger partial charge in [0, 0.05) is 16.7 Å². The van der Waals surface area contributed by atoms with Crippen molar-refractivity contribution in [2.24, 2.45) is 5.41 Å². The molecule has 0 unspecified atom stereocenters. The van der Waals surface area contributed by atoms with Crippen molar-refractivity contribution in [3.63, 3.8) is 0 Å². The van der Waals surface area contributed by atoms with E-state index in [-0.39, 0.29) is 11.2 Å². The molecule has 0 heterocycles. The first-order valence-electron chi connectivity index (χ1n) is 5.32. The molecular weight excluding hydrogens is 226 g/mol. The van der Waals surface area contributed by atoms with Gasteiger partial charge in [-0.1, -0.05) is 27.4 Å². The van der Waals surface area contributed by atoms with Gasteiger partial charge >= 0.3 is 0 Å². The second-order valence-electron chi connectivity index (χ2n) is 5.45. The van der Waals surface area contributed by atoms with E-state index in [1.165, 1.54) is 0 Å². The Kier molecular flexibility index (Phi) is 4.59. The van der Waals surface area contributed by atoms with Crippen molar-refractivity contribution < 1.29 is 13.0 Å². The summed E-state index contributed by atoms with van der Waals surface area (Å²) < 4.78 is 30.5. The summed E-state index contributed by atoms with van der Waals surface area (Å²) in [6.45, 7) is 13.5. The Labute approximate surface area is 98.9 Å². The van der Waals surface area contributed by atoms with Crippen LogP contribution in [0.25, 0.3) is 0 Å². The van der Waals surface area contributed by atoms with Gasteiger partial charge in [-0.15, -0.1) is 0 Å². The van der Waals surface area contributed by atoms with Crippen LogP contribution in [0, 0.1) is 5.41 Å². The molecule has 0 atom stereocenters. The highest BCUT2D eigenvalue weighted by molar-refractivity contribution is 7.85. The minimum Gasteiger partial charge on any atom is -0.382 e. The molecular formula is C11H23NO3S. The van der Waals surface area contributed by atoms with E-state index in [2.05, 4.69) is 11.9 Å². The molecule has 0 spiro atoms. The summed E-state index contributed by atoms with van der Waals surface area (Å²) in [5.41, 5.74) is -0.0446. The molecule has 0 rings (SSSR count). The monoisotopic (exact) mass is 249 g/mol. The van der Waals surface area contributed by atoms with E-state index in [9.17, 15) is 8.42 Å². The molecule has 0 aromatic rings. The van der Waals surface area contributed by atoms with Crippen LogP contribution in [0.4, 0.5) is 0 Å². The average molecular weight is 249 g/mol. The SMILES string of the molecule is C=C(NC(C)(C)CS(=O)(=O)O)C(C)(C)CC. The van der Waals surface area contributed by atoms with Gasteiger partial charge in [-0.2, -0.15) is 8.42 Å². The van der Waals surface area contributed by atoms with Crippen LogP contribution in [0.3, 0.4) is 0 Å². The first-order valence-corrected chi connectivity index (χ1v) is 6.93. The van der Waals surface area contributed by atoms with E-state index in [1.807, 2.05) is 20.8 Å². The number of allylic oxidation sites excluding steroid dienone is 1. The van der Waals surface area contributed by atoms with E-state index in [4.69, 9.17) is 4.55 Å². The Morgan fingerprint density at radius 2 is 1.75 bits per heavy atom. The lowest BCUT2D eigenvalue weighted by Crippen LogP contribution is -2.46. The van der Waals surface area contributed by atoms with E-state index in [0.717, 1.165) is 12.1 Å². The van der Waals surface area contributed by atoms with Gasteiger partial charge in [-0.25, -0.2) is 0 Å². The maximum absolute atomic E-state index is 10.8. The summed E-state index contributed by atoms with van der Waals surface area (Å²) in [7, 11) is -3.98. The van der Waals surface area contributed by atoms with Gasteiger partial charge in [0.1, 0.15) is 0 Å². The van der Waals surface area contributed by atoms with Crippen molar-refractivity contribution in [1.82, 2.24) is 5.32 Å². The molecule has 0 radical (unpaired) electrons. The van der Waals surface area contributed by atoms with Gasteiger partial charge in [0.2, 0.25) is 0 Å². The molecule has 0 amide bonds. The number of nitrogens with one attached hydrogen (secondary N) is 1. The molecule has 16 heavy (non-hydrogen) atoms. The molecule has 4 nitrogen and oxygen atoms in total. The summed E-state index contributed by atoms with van der Waals surface area (Å²) >= 11 is 0. The third-order valence-electron chi connectivity index (χ3n) is 2.73. The van der Waals surface area contributed by atoms with Crippen LogP contribution in [0.15, 0.2) is 12.3 Å². The Morgan fingerprint density at radius 1 is 1.31 bits per heavy atom. The molecule has 0 aromatic heterocycles. The molecule has 0 aromatic carbocycles. The van der Waals surface area contributed by atoms with Crippen molar-refractivity contribution in [3.8, 4) is 0 Å². The molecule has 0 saturated heterocycles. The van der Waals surface area contributed by atoms with E-state index in [1.54, 1.807) is 13.8 Å². The van der Waals surface area contributed by atoms with Crippen LogP contribution in [0.5, 0.6) is 0 Å². The lowest BCUT2D eigenvalue weighted by Gasteiger charge is -2.34. The van der Waals surface area contributed by atoms with Crippen LogP contribution >= 0.6 is 0 Å². The topological polar surface area (TPSA) is 66.4 Å². The fourth-order valence-electron chi connectivity index (χ4n) is 1.28. The lowest BCUT2D eigenvalue weighted by molar-refractivity contribution is 0.346. The fourth-order valence-corrected chi connectivity index (χ4v) is 2.27. The van der Waals surface area contributed by atoms with Gasteiger partial charge < -0.3 is 5.32 Å². The number of hydrogen-bond acceptors (Lipinski definition) is 3. The normalized spacial score (nSPS) is 13.6. The Balaban J connectivity index is 4.67. The van der Waals surface area contributed by atoms with Gasteiger partial charge in [-0.05, 0) is 20.3 Å². The van der Waals surface area contributed by atoms with Gasteiger partial charge in [0.25, 0.3) is 10.1 Å². The van der Waals surface area contributed by atoms with Crippen molar-refractivity contribution in [2.75, 3.05) is 5.75 Å². The minimum atomic E-state index is -3.98. The highest BCUT2D eigenvalue weighted by atomic mass is 32.2. The van der Waals surface area contributed by atoms with Crippen molar-refractivity contribution in [1.29, 1.82) is 0 Å². The molecule has 96 valence electrons. The van der Waals surface area contributed by atoms with Crippen LogP contribution in [0.2, 0.25) is 0 Å². The predicted molar refractivity (Wildman–Crippen MR) is 66.8 cm³/mol. The predicted octanol–water partition coefficient (Wildman–Crippen LogP) is 2.19. The first-order chi connectivity index (χ1) is 6.90. The quantitative estimate of drug-likeness (QED) is 0.708. The van der Waals surface area contributed by atoms with Crippen molar-refractivity contribution in [2.45, 2.75) is 46.6 Å². The maximum atomic E-state index is 10.8. The second kappa shape index (κ2) is 4.75. The first kappa shape index (κ1) is 15.4. The van der Waals surface area contributed by atoms with Gasteiger partial charge in [0.15, 0.2) is 0 Å². The molecule has 0 aliphatic rings. The van der Waals surface area contributed by atoms with Gasteiger partial charge in [-0.3, -0.25) is 4.55 Å². The summed E-state index contributed by atoms with van der Waals surface area (Å²) in [5.74, 6) is -0.335. The summed E-state index contributed by atoms with van der Waals surface area (Å²) in [5, 5.41) is 3.07. The average Bonchev–Trinajstić information content (AvgIpc) is 1.98. The summed E-state index contributed by atoms with van der Waals surface area (Å²) in [4.78, 5) is 0. The van der Waals surface area contributed by atoms with Crippen molar-refractivity contribution in [3.05, 3.63) is 12.3 Å². The Bertz CT molecular complexity index is 355. The largest absolute Gasteiger partial charge is 0.382 e. The van der Waals surface area contributed by atoms with Crippen LogP contribution in [0.1, 0.15) is 41.0 Å². The third-order valence-corrected chi connectivity index (χ3v) is 3.82. The standard InChI is InChI=1S/C11H23NO3S/c1-7-10(3,4)9(2)12-11(5,6)8-16(13,14)15/h12H,2,7-8H2,1,3-6H3,(H,13,14,15). The molecule has 0 saturated carbocycles. The highest BCUT2D eigenvalue weighted by Gasteiger charge is 2.29. The molecule has 0 fully saturated rings. The Hall–Kier alpha value is -0.550. The molecule has 2 N–H and O–H groups in total. The maximum Gasteiger partial charge on any atom is 0.267 e. The second-order valence-corrected chi connectivity index (χ2v) is 6.90. The minimum absolute atomic E-state index is 0.101. The number of rotatable bonds is 6. The van der Waals surface area contributed by atoms with Crippen molar-refractivity contribution >= 4 is 10.1 Å². The Morgan fingerprint density at radius 3 is 2.06 bits per heavy atom. The van der Waals surface area contributed by atoms with Crippen LogP contribution in [-0.2, 0) is 10.1 Å². The zero-order valence-electron chi connectivity index (χ0n) is 10.8. The number of hydrogen-bond donors (Lipinski definition) is 2. The fraction of sp³-hybridized carbons (Fsp3) is 0.818. The third kappa shape index (κ3) is 5.51. The van der Waals surface area contributed by atoms with E-state index >= 15 is 0 Å². The molecule has 0 aliphatic carbocycles. The van der Waals surface area contributed by atoms with E-state index in [0.29, 0.717) is 0 Å². The summed E-state index contributed by atoms with van der Waals surface area (Å²) in [6.07, 6.45) is 0.904. The van der Waals surface area contributed by atoms with E-state index < -0.39 is 15.7 Å². The molecule has 0 bridgehead atoms. The highest BCUT2D eigenvalue weighted by Crippen LogP contribution is 2.28. The molecule has 5 heteroatoms. The zero-order valence-corrected chi connectivity index (χ0v) is 11.6. The smallest absolute Gasteiger partial charge is 0.267 e. The van der Waals surface area contributed by atoms with Crippen LogP contribution in [-0.4, -0.2) is 24.3 Å². The zero-order chi connectivity index (χ0) is 13.2. The van der Waals surface area contributed by atoms with Gasteiger partial charge in [0.05, 0.1) is 5.75 Å².